The van der Waals surface area contributed by atoms with Gasteiger partial charge in [-0.1, -0.05) is 0 Å². The first-order valence-electron chi connectivity index (χ1n) is 5.53. The van der Waals surface area contributed by atoms with Crippen LogP contribution >= 0.6 is 11.3 Å². The van der Waals surface area contributed by atoms with E-state index in [1.54, 1.807) is 23.9 Å². The molecule has 1 aromatic rings. The summed E-state index contributed by atoms with van der Waals surface area (Å²) in [7, 11) is 3.44. The van der Waals surface area contributed by atoms with Gasteiger partial charge in [-0.05, 0) is 6.42 Å². The van der Waals surface area contributed by atoms with E-state index in [2.05, 4.69) is 4.98 Å². The van der Waals surface area contributed by atoms with Crippen molar-refractivity contribution in [2.75, 3.05) is 25.5 Å². The van der Waals surface area contributed by atoms with Gasteiger partial charge in [0.2, 0.25) is 11.8 Å². The Bertz CT molecular complexity index is 442. The molecular weight excluding hydrogens is 238 g/mol. The summed E-state index contributed by atoms with van der Waals surface area (Å²) in [6, 6.07) is 0. The Hall–Kier alpha value is -1.43. The van der Waals surface area contributed by atoms with Crippen LogP contribution in [0.4, 0.5) is 5.13 Å². The van der Waals surface area contributed by atoms with Gasteiger partial charge in [0.05, 0.1) is 12.1 Å². The number of aromatic nitrogens is 1. The van der Waals surface area contributed by atoms with E-state index in [0.717, 1.165) is 18.7 Å². The van der Waals surface area contributed by atoms with Crippen LogP contribution in [0.5, 0.6) is 0 Å². The number of rotatable bonds is 3. The van der Waals surface area contributed by atoms with Crippen molar-refractivity contribution < 1.29 is 9.59 Å². The third-order valence-corrected chi connectivity index (χ3v) is 3.59. The number of carbonyl (C=O) groups is 2. The standard InChI is InChI=1S/C11H15N3O2S/c1-13(2)10(16)6-8-7-17-11(12-8)14-5-3-4-9(14)15/h7H,3-6H2,1-2H3. The third kappa shape index (κ3) is 2.63. The maximum absolute atomic E-state index is 11.5. The number of hydrogen-bond acceptors (Lipinski definition) is 4. The molecule has 0 bridgehead atoms. The second kappa shape index (κ2) is 4.83. The quantitative estimate of drug-likeness (QED) is 0.804. The first kappa shape index (κ1) is 12.0. The molecule has 0 saturated carbocycles. The molecule has 0 radical (unpaired) electrons. The molecule has 0 atom stereocenters. The van der Waals surface area contributed by atoms with Crippen LogP contribution in [0.1, 0.15) is 18.5 Å². The molecule has 5 nitrogen and oxygen atoms in total. The summed E-state index contributed by atoms with van der Waals surface area (Å²) in [5.41, 5.74) is 0.739. The Morgan fingerprint density at radius 2 is 2.35 bits per heavy atom. The summed E-state index contributed by atoms with van der Waals surface area (Å²) in [4.78, 5) is 30.6. The van der Waals surface area contributed by atoms with Crippen LogP contribution in [0.2, 0.25) is 0 Å². The predicted molar refractivity (Wildman–Crippen MR) is 66.1 cm³/mol. The van der Waals surface area contributed by atoms with E-state index < -0.39 is 0 Å². The molecule has 17 heavy (non-hydrogen) atoms. The molecule has 0 aliphatic carbocycles. The van der Waals surface area contributed by atoms with E-state index in [-0.39, 0.29) is 11.8 Å². The number of anilines is 1. The highest BCUT2D eigenvalue weighted by Gasteiger charge is 2.24. The molecule has 2 heterocycles. The lowest BCUT2D eigenvalue weighted by Crippen LogP contribution is -2.25. The fraction of sp³-hybridized carbons (Fsp3) is 0.545. The summed E-state index contributed by atoms with van der Waals surface area (Å²) >= 11 is 1.43. The summed E-state index contributed by atoms with van der Waals surface area (Å²) in [6.07, 6.45) is 1.79. The Morgan fingerprint density at radius 3 is 2.94 bits per heavy atom. The Morgan fingerprint density at radius 1 is 1.59 bits per heavy atom. The zero-order valence-corrected chi connectivity index (χ0v) is 10.8. The molecule has 1 fully saturated rings. The monoisotopic (exact) mass is 253 g/mol. The van der Waals surface area contributed by atoms with Crippen LogP contribution in [0.25, 0.3) is 0 Å². The Labute approximate surface area is 104 Å². The van der Waals surface area contributed by atoms with E-state index in [1.165, 1.54) is 11.3 Å². The number of likely N-dealkylation sites (N-methyl/N-ethyl adjacent to an activating group) is 1. The van der Waals surface area contributed by atoms with E-state index in [4.69, 9.17) is 0 Å². The topological polar surface area (TPSA) is 53.5 Å². The highest BCUT2D eigenvalue weighted by atomic mass is 32.1. The van der Waals surface area contributed by atoms with Crippen LogP contribution in [-0.4, -0.2) is 42.3 Å². The van der Waals surface area contributed by atoms with E-state index in [0.29, 0.717) is 18.0 Å². The van der Waals surface area contributed by atoms with E-state index >= 15 is 0 Å². The van der Waals surface area contributed by atoms with Crippen molar-refractivity contribution in [2.45, 2.75) is 19.3 Å². The van der Waals surface area contributed by atoms with Crippen molar-refractivity contribution >= 4 is 28.3 Å². The normalized spacial score (nSPS) is 15.4. The predicted octanol–water partition coefficient (Wildman–Crippen LogP) is 0.901. The van der Waals surface area contributed by atoms with Crippen LogP contribution in [0.3, 0.4) is 0 Å². The number of thiazole rings is 1. The van der Waals surface area contributed by atoms with E-state index in [9.17, 15) is 9.59 Å². The molecule has 92 valence electrons. The molecule has 0 spiro atoms. The maximum Gasteiger partial charge on any atom is 0.228 e. The van der Waals surface area contributed by atoms with Gasteiger partial charge in [0, 0.05) is 32.4 Å². The summed E-state index contributed by atoms with van der Waals surface area (Å²) in [5, 5.41) is 2.57. The van der Waals surface area contributed by atoms with Gasteiger partial charge in [-0.25, -0.2) is 4.98 Å². The Kier molecular flexibility index (Phi) is 3.42. The van der Waals surface area contributed by atoms with Gasteiger partial charge in [-0.2, -0.15) is 0 Å². The van der Waals surface area contributed by atoms with Crippen molar-refractivity contribution in [1.82, 2.24) is 9.88 Å². The first-order chi connectivity index (χ1) is 8.08. The van der Waals surface area contributed by atoms with Crippen LogP contribution in [-0.2, 0) is 16.0 Å². The average Bonchev–Trinajstić information content (AvgIpc) is 2.86. The van der Waals surface area contributed by atoms with Crippen LogP contribution < -0.4 is 4.90 Å². The van der Waals surface area contributed by atoms with Gasteiger partial charge in [-0.15, -0.1) is 11.3 Å². The van der Waals surface area contributed by atoms with Crippen LogP contribution in [0, 0.1) is 0 Å². The maximum atomic E-state index is 11.5. The van der Waals surface area contributed by atoms with Gasteiger partial charge in [0.25, 0.3) is 0 Å². The molecule has 0 unspecified atom stereocenters. The van der Waals surface area contributed by atoms with Crippen molar-refractivity contribution in [1.29, 1.82) is 0 Å². The lowest BCUT2D eigenvalue weighted by atomic mass is 10.3. The van der Waals surface area contributed by atoms with Gasteiger partial charge < -0.3 is 4.90 Å². The first-order valence-corrected chi connectivity index (χ1v) is 6.41. The SMILES string of the molecule is CN(C)C(=O)Cc1csc(N2CCCC2=O)n1. The van der Waals surface area contributed by atoms with Gasteiger partial charge in [0.1, 0.15) is 0 Å². The number of amides is 2. The highest BCUT2D eigenvalue weighted by Crippen LogP contribution is 2.25. The lowest BCUT2D eigenvalue weighted by molar-refractivity contribution is -0.128. The van der Waals surface area contributed by atoms with Crippen molar-refractivity contribution in [2.24, 2.45) is 0 Å². The molecule has 2 rings (SSSR count). The zero-order chi connectivity index (χ0) is 12.4. The third-order valence-electron chi connectivity index (χ3n) is 2.68. The van der Waals surface area contributed by atoms with E-state index in [1.807, 2.05) is 5.38 Å². The fourth-order valence-electron chi connectivity index (χ4n) is 1.66. The molecular formula is C11H15N3O2S. The number of carbonyl (C=O) groups excluding carboxylic acids is 2. The van der Waals surface area contributed by atoms with Crippen molar-refractivity contribution in [3.8, 4) is 0 Å². The van der Waals surface area contributed by atoms with Crippen molar-refractivity contribution in [3.05, 3.63) is 11.1 Å². The van der Waals surface area contributed by atoms with Crippen LogP contribution in [0.15, 0.2) is 5.38 Å². The van der Waals surface area contributed by atoms with Gasteiger partial charge in [-0.3, -0.25) is 14.5 Å². The largest absolute Gasteiger partial charge is 0.348 e. The minimum atomic E-state index is 0.0228. The second-order valence-electron chi connectivity index (χ2n) is 4.24. The van der Waals surface area contributed by atoms with Gasteiger partial charge >= 0.3 is 0 Å². The minimum absolute atomic E-state index is 0.0228. The summed E-state index contributed by atoms with van der Waals surface area (Å²) in [5.74, 6) is 0.152. The fourth-order valence-corrected chi connectivity index (χ4v) is 2.53. The molecule has 1 aliphatic heterocycles. The molecule has 6 heteroatoms. The lowest BCUT2D eigenvalue weighted by Gasteiger charge is -2.10. The molecule has 0 aromatic carbocycles. The van der Waals surface area contributed by atoms with Crippen molar-refractivity contribution in [3.63, 3.8) is 0 Å². The molecule has 1 aromatic heterocycles. The number of nitrogens with zero attached hydrogens (tertiary/aromatic N) is 3. The molecule has 1 aliphatic rings. The molecule has 1 saturated heterocycles. The Balaban J connectivity index is 2.05. The summed E-state index contributed by atoms with van der Waals surface area (Å²) < 4.78 is 0. The summed E-state index contributed by atoms with van der Waals surface area (Å²) in [6.45, 7) is 0.743. The zero-order valence-electron chi connectivity index (χ0n) is 9.97. The average molecular weight is 253 g/mol. The smallest absolute Gasteiger partial charge is 0.228 e. The van der Waals surface area contributed by atoms with Gasteiger partial charge in [0.15, 0.2) is 5.13 Å². The second-order valence-corrected chi connectivity index (χ2v) is 5.07. The highest BCUT2D eigenvalue weighted by molar-refractivity contribution is 7.14. The number of hydrogen-bond donors (Lipinski definition) is 0. The molecule has 2 amide bonds. The molecule has 0 N–H and O–H groups in total. The minimum Gasteiger partial charge on any atom is -0.348 e.